The van der Waals surface area contributed by atoms with Crippen LogP contribution in [0, 0.1) is 0 Å². The predicted octanol–water partition coefficient (Wildman–Crippen LogP) is 6.66. The zero-order valence-corrected chi connectivity index (χ0v) is 14.6. The second-order valence-electron chi connectivity index (χ2n) is 6.07. The molecule has 0 amide bonds. The van der Waals surface area contributed by atoms with Crippen molar-refractivity contribution >= 4 is 5.97 Å². The van der Waals surface area contributed by atoms with Gasteiger partial charge >= 0.3 is 5.97 Å². The van der Waals surface area contributed by atoms with E-state index in [9.17, 15) is 4.79 Å². The van der Waals surface area contributed by atoms with Gasteiger partial charge in [0.1, 0.15) is 0 Å². The van der Waals surface area contributed by atoms with Crippen LogP contribution in [0.2, 0.25) is 0 Å². The van der Waals surface area contributed by atoms with Gasteiger partial charge in [-0.05, 0) is 51.4 Å². The van der Waals surface area contributed by atoms with Crippen molar-refractivity contribution in [3.8, 4) is 0 Å². The highest BCUT2D eigenvalue weighted by Gasteiger charge is 1.93. The van der Waals surface area contributed by atoms with Crippen molar-refractivity contribution in [1.29, 1.82) is 0 Å². The Morgan fingerprint density at radius 3 is 1.59 bits per heavy atom. The third kappa shape index (κ3) is 18.9. The molecule has 0 aliphatic carbocycles. The summed E-state index contributed by atoms with van der Waals surface area (Å²) < 4.78 is 0. The third-order valence-corrected chi connectivity index (χ3v) is 3.81. The molecule has 0 fully saturated rings. The molecule has 0 radical (unpaired) electrons. The van der Waals surface area contributed by atoms with Crippen molar-refractivity contribution in [1.82, 2.24) is 0 Å². The van der Waals surface area contributed by atoms with Gasteiger partial charge in [-0.25, -0.2) is 0 Å². The maximum absolute atomic E-state index is 10.3. The van der Waals surface area contributed by atoms with Crippen LogP contribution in [0.25, 0.3) is 0 Å². The van der Waals surface area contributed by atoms with E-state index in [2.05, 4.69) is 31.2 Å². The summed E-state index contributed by atoms with van der Waals surface area (Å²) in [5.74, 6) is -0.693. The molecule has 0 aromatic rings. The summed E-state index contributed by atoms with van der Waals surface area (Å²) >= 11 is 0. The van der Waals surface area contributed by atoms with E-state index < -0.39 is 5.97 Å². The first-order valence-electron chi connectivity index (χ1n) is 9.29. The van der Waals surface area contributed by atoms with Crippen LogP contribution in [0.3, 0.4) is 0 Å². The highest BCUT2D eigenvalue weighted by molar-refractivity contribution is 5.66. The smallest absolute Gasteiger partial charge is 0.303 e. The van der Waals surface area contributed by atoms with E-state index in [1.807, 2.05) is 0 Å². The molecule has 0 heterocycles. The number of carbonyl (C=O) groups is 1. The summed E-state index contributed by atoms with van der Waals surface area (Å²) in [6, 6.07) is 0. The van der Waals surface area contributed by atoms with Gasteiger partial charge in [0.05, 0.1) is 0 Å². The van der Waals surface area contributed by atoms with Crippen LogP contribution < -0.4 is 0 Å². The molecule has 2 heteroatoms. The Hall–Kier alpha value is -1.05. The van der Waals surface area contributed by atoms with E-state index >= 15 is 0 Å². The van der Waals surface area contributed by atoms with Crippen molar-refractivity contribution in [3.05, 3.63) is 24.3 Å². The van der Waals surface area contributed by atoms with Crippen LogP contribution in [-0.4, -0.2) is 11.1 Å². The van der Waals surface area contributed by atoms with Crippen molar-refractivity contribution in [2.75, 3.05) is 0 Å². The molecule has 0 bridgehead atoms. The van der Waals surface area contributed by atoms with Crippen LogP contribution >= 0.6 is 0 Å². The van der Waals surface area contributed by atoms with Crippen LogP contribution in [0.1, 0.15) is 96.8 Å². The normalized spacial score (nSPS) is 11.7. The zero-order chi connectivity index (χ0) is 16.3. The Kier molecular flexibility index (Phi) is 17.1. The number of carboxylic acid groups (broad SMARTS) is 1. The average Bonchev–Trinajstić information content (AvgIpc) is 2.50. The molecule has 2 nitrogen and oxygen atoms in total. The van der Waals surface area contributed by atoms with Gasteiger partial charge in [-0.2, -0.15) is 0 Å². The Balaban J connectivity index is 3.17. The van der Waals surface area contributed by atoms with Gasteiger partial charge < -0.3 is 5.11 Å². The average molecular weight is 309 g/mol. The van der Waals surface area contributed by atoms with Crippen molar-refractivity contribution in [2.45, 2.75) is 96.8 Å². The molecule has 0 rings (SSSR count). The summed E-state index contributed by atoms with van der Waals surface area (Å²) in [4.78, 5) is 10.3. The lowest BCUT2D eigenvalue weighted by Crippen LogP contribution is -1.92. The number of hydrogen-bond donors (Lipinski definition) is 1. The third-order valence-electron chi connectivity index (χ3n) is 3.81. The summed E-state index contributed by atoms with van der Waals surface area (Å²) in [6.07, 6.45) is 25.3. The molecule has 0 unspecified atom stereocenters. The number of carboxylic acids is 1. The zero-order valence-electron chi connectivity index (χ0n) is 14.6. The molecular weight excluding hydrogens is 272 g/mol. The van der Waals surface area contributed by atoms with Crippen LogP contribution in [-0.2, 0) is 4.79 Å². The number of hydrogen-bond acceptors (Lipinski definition) is 1. The van der Waals surface area contributed by atoms with Gasteiger partial charge in [0.15, 0.2) is 0 Å². The number of allylic oxidation sites excluding steroid dienone is 4. The van der Waals surface area contributed by atoms with Crippen LogP contribution in [0.15, 0.2) is 24.3 Å². The Labute approximate surface area is 137 Å². The lowest BCUT2D eigenvalue weighted by Gasteiger charge is -1.98. The molecule has 0 aromatic carbocycles. The summed E-state index contributed by atoms with van der Waals surface area (Å²) in [7, 11) is 0. The van der Waals surface area contributed by atoms with Gasteiger partial charge in [-0.3, -0.25) is 4.79 Å². The second-order valence-corrected chi connectivity index (χ2v) is 6.07. The summed E-state index contributed by atoms with van der Waals surface area (Å²) in [6.45, 7) is 2.26. The van der Waals surface area contributed by atoms with Crippen molar-refractivity contribution < 1.29 is 9.90 Å². The molecular formula is C20H36O2. The molecule has 0 spiro atoms. The highest BCUT2D eigenvalue weighted by Crippen LogP contribution is 2.08. The van der Waals surface area contributed by atoms with E-state index in [0.29, 0.717) is 0 Å². The first-order valence-corrected chi connectivity index (χ1v) is 9.29. The molecule has 0 saturated heterocycles. The van der Waals surface area contributed by atoms with Crippen molar-refractivity contribution in [3.63, 3.8) is 0 Å². The molecule has 0 aromatic heterocycles. The summed E-state index contributed by atoms with van der Waals surface area (Å²) in [5.41, 5.74) is 0. The Bertz CT molecular complexity index is 292. The molecule has 0 saturated carbocycles. The maximum Gasteiger partial charge on any atom is 0.303 e. The lowest BCUT2D eigenvalue weighted by molar-refractivity contribution is -0.137. The van der Waals surface area contributed by atoms with Gasteiger partial charge in [0.2, 0.25) is 0 Å². The topological polar surface area (TPSA) is 37.3 Å². The maximum atomic E-state index is 10.3. The first kappa shape index (κ1) is 20.9. The summed E-state index contributed by atoms with van der Waals surface area (Å²) in [5, 5.41) is 8.51. The minimum atomic E-state index is -0.693. The lowest BCUT2D eigenvalue weighted by atomic mass is 10.1. The molecule has 0 aliphatic rings. The van der Waals surface area contributed by atoms with E-state index in [1.165, 1.54) is 64.2 Å². The monoisotopic (exact) mass is 308 g/mol. The number of aliphatic carboxylic acids is 1. The fraction of sp³-hybridized carbons (Fsp3) is 0.750. The fourth-order valence-corrected chi connectivity index (χ4v) is 2.41. The quantitative estimate of drug-likeness (QED) is 0.255. The number of unbranched alkanes of at least 4 members (excludes halogenated alkanes) is 10. The number of rotatable bonds is 16. The SMILES string of the molecule is CCCCCCCC/C=C/CCCC/C=C/CCCC(=O)O. The molecule has 128 valence electrons. The van der Waals surface area contributed by atoms with Gasteiger partial charge in [-0.1, -0.05) is 63.3 Å². The van der Waals surface area contributed by atoms with E-state index in [1.54, 1.807) is 0 Å². The standard InChI is InChI=1S/C20H36O2/c1-2-3-4-5-6-7-8-9-10-11-12-13-14-15-16-17-18-19-20(21)22/h9-10,15-16H,2-8,11-14,17-19H2,1H3,(H,21,22)/b10-9+,16-15+. The molecule has 0 atom stereocenters. The highest BCUT2D eigenvalue weighted by atomic mass is 16.4. The Morgan fingerprint density at radius 2 is 1.09 bits per heavy atom. The van der Waals surface area contributed by atoms with E-state index in [-0.39, 0.29) is 6.42 Å². The van der Waals surface area contributed by atoms with Gasteiger partial charge in [0, 0.05) is 6.42 Å². The largest absolute Gasteiger partial charge is 0.481 e. The molecule has 22 heavy (non-hydrogen) atoms. The fourth-order valence-electron chi connectivity index (χ4n) is 2.41. The minimum Gasteiger partial charge on any atom is -0.481 e. The second kappa shape index (κ2) is 18.0. The van der Waals surface area contributed by atoms with E-state index in [4.69, 9.17) is 5.11 Å². The Morgan fingerprint density at radius 1 is 0.682 bits per heavy atom. The van der Waals surface area contributed by atoms with Gasteiger partial charge in [0.25, 0.3) is 0 Å². The van der Waals surface area contributed by atoms with E-state index in [0.717, 1.165) is 19.3 Å². The van der Waals surface area contributed by atoms with Crippen LogP contribution in [0.5, 0.6) is 0 Å². The molecule has 1 N–H and O–H groups in total. The van der Waals surface area contributed by atoms with Crippen molar-refractivity contribution in [2.24, 2.45) is 0 Å². The minimum absolute atomic E-state index is 0.285. The predicted molar refractivity (Wildman–Crippen MR) is 96.2 cm³/mol. The molecule has 0 aliphatic heterocycles. The van der Waals surface area contributed by atoms with Gasteiger partial charge in [-0.15, -0.1) is 0 Å². The first-order chi connectivity index (χ1) is 10.8. The van der Waals surface area contributed by atoms with Crippen LogP contribution in [0.4, 0.5) is 0 Å².